The van der Waals surface area contributed by atoms with Gasteiger partial charge in [-0.05, 0) is 27.1 Å². The van der Waals surface area contributed by atoms with Crippen LogP contribution >= 0.6 is 11.3 Å². The first kappa shape index (κ1) is 15.8. The molecule has 0 unspecified atom stereocenters. The summed E-state index contributed by atoms with van der Waals surface area (Å²) in [5, 5.41) is 12.4. The van der Waals surface area contributed by atoms with Gasteiger partial charge in [-0.15, -0.1) is 11.3 Å². The van der Waals surface area contributed by atoms with Gasteiger partial charge >= 0.3 is 0 Å². The van der Waals surface area contributed by atoms with E-state index in [4.69, 9.17) is 11.0 Å². The molecule has 0 amide bonds. The van der Waals surface area contributed by atoms with Crippen LogP contribution in [0.15, 0.2) is 4.90 Å². The zero-order valence-electron chi connectivity index (χ0n) is 11.2. The molecule has 1 aromatic heterocycles. The van der Waals surface area contributed by atoms with E-state index in [-0.39, 0.29) is 15.5 Å². The normalized spacial score (nSPS) is 11.5. The third-order valence-electron chi connectivity index (χ3n) is 2.44. The second-order valence-corrected chi connectivity index (χ2v) is 7.44. The molecule has 3 N–H and O–H groups in total. The number of sulfone groups is 1. The van der Waals surface area contributed by atoms with Crippen LogP contribution in [-0.4, -0.2) is 46.8 Å². The fourth-order valence-corrected chi connectivity index (χ4v) is 3.99. The first-order valence-corrected chi connectivity index (χ1v) is 8.39. The molecule has 0 bridgehead atoms. The van der Waals surface area contributed by atoms with E-state index in [9.17, 15) is 8.42 Å². The van der Waals surface area contributed by atoms with E-state index in [0.717, 1.165) is 30.6 Å². The molecule has 0 aliphatic rings. The highest BCUT2D eigenvalue weighted by Crippen LogP contribution is 2.38. The van der Waals surface area contributed by atoms with Crippen molar-refractivity contribution in [3.05, 3.63) is 4.88 Å². The van der Waals surface area contributed by atoms with E-state index in [1.807, 2.05) is 25.1 Å². The third-order valence-corrected chi connectivity index (χ3v) is 4.80. The standard InChI is InChI=1S/C11H18N4O2S2/c1-15(2)6-4-5-14-11-10(19(3,16)17)9(13)8(7-12)18-11/h14H,4-6,13H2,1-3H3. The predicted octanol–water partition coefficient (Wildman–Crippen LogP) is 0.969. The second-order valence-electron chi connectivity index (χ2n) is 4.47. The maximum Gasteiger partial charge on any atom is 0.180 e. The van der Waals surface area contributed by atoms with Crippen LogP contribution in [0.2, 0.25) is 0 Å². The summed E-state index contributed by atoms with van der Waals surface area (Å²) in [5.41, 5.74) is 5.76. The number of anilines is 2. The van der Waals surface area contributed by atoms with Gasteiger partial charge in [0.2, 0.25) is 0 Å². The van der Waals surface area contributed by atoms with Gasteiger partial charge in [0.25, 0.3) is 0 Å². The number of nitrogen functional groups attached to an aromatic ring is 1. The van der Waals surface area contributed by atoms with Crippen LogP contribution in [0, 0.1) is 11.3 Å². The summed E-state index contributed by atoms with van der Waals surface area (Å²) in [7, 11) is 0.497. The number of nitriles is 1. The molecule has 19 heavy (non-hydrogen) atoms. The van der Waals surface area contributed by atoms with E-state index in [2.05, 4.69) is 5.32 Å². The fourth-order valence-electron chi connectivity index (χ4n) is 1.59. The largest absolute Gasteiger partial charge is 0.396 e. The molecular weight excluding hydrogens is 284 g/mol. The van der Waals surface area contributed by atoms with Crippen molar-refractivity contribution in [3.8, 4) is 6.07 Å². The Labute approximate surface area is 117 Å². The van der Waals surface area contributed by atoms with Gasteiger partial charge in [-0.2, -0.15) is 5.26 Å². The van der Waals surface area contributed by atoms with Crippen LogP contribution in [-0.2, 0) is 9.84 Å². The Morgan fingerprint density at radius 2 is 2.11 bits per heavy atom. The summed E-state index contributed by atoms with van der Waals surface area (Å²) < 4.78 is 23.4. The van der Waals surface area contributed by atoms with Crippen molar-refractivity contribution < 1.29 is 8.42 Å². The van der Waals surface area contributed by atoms with Crippen molar-refractivity contribution in [2.24, 2.45) is 0 Å². The Bertz CT molecular complexity index is 585. The average molecular weight is 302 g/mol. The Morgan fingerprint density at radius 1 is 1.47 bits per heavy atom. The van der Waals surface area contributed by atoms with Gasteiger partial charge in [0, 0.05) is 12.8 Å². The van der Waals surface area contributed by atoms with Crippen molar-refractivity contribution >= 4 is 31.9 Å². The quantitative estimate of drug-likeness (QED) is 0.760. The molecular formula is C11H18N4O2S2. The number of nitrogens with one attached hydrogen (secondary N) is 1. The van der Waals surface area contributed by atoms with Gasteiger partial charge in [0.05, 0.1) is 5.69 Å². The number of nitrogens with two attached hydrogens (primary N) is 1. The average Bonchev–Trinajstić information content (AvgIpc) is 2.60. The van der Waals surface area contributed by atoms with Crippen molar-refractivity contribution in [1.82, 2.24) is 4.90 Å². The Morgan fingerprint density at radius 3 is 2.58 bits per heavy atom. The molecule has 0 fully saturated rings. The van der Waals surface area contributed by atoms with Crippen molar-refractivity contribution in [3.63, 3.8) is 0 Å². The first-order chi connectivity index (χ1) is 8.77. The minimum Gasteiger partial charge on any atom is -0.396 e. The van der Waals surface area contributed by atoms with Crippen molar-refractivity contribution in [2.75, 3.05) is 44.5 Å². The molecule has 0 spiro atoms. The molecule has 8 heteroatoms. The highest BCUT2D eigenvalue weighted by atomic mass is 32.2. The summed E-state index contributed by atoms with van der Waals surface area (Å²) >= 11 is 1.08. The zero-order valence-corrected chi connectivity index (χ0v) is 12.9. The molecule has 0 aromatic carbocycles. The third kappa shape index (κ3) is 4.09. The van der Waals surface area contributed by atoms with Crippen molar-refractivity contribution in [1.29, 1.82) is 5.26 Å². The molecule has 1 rings (SSSR count). The highest BCUT2D eigenvalue weighted by Gasteiger charge is 2.23. The van der Waals surface area contributed by atoms with Gasteiger partial charge < -0.3 is 16.0 Å². The van der Waals surface area contributed by atoms with E-state index >= 15 is 0 Å². The van der Waals surface area contributed by atoms with Crippen LogP contribution < -0.4 is 11.1 Å². The van der Waals surface area contributed by atoms with Gasteiger partial charge in [-0.3, -0.25) is 0 Å². The lowest BCUT2D eigenvalue weighted by molar-refractivity contribution is 0.405. The monoisotopic (exact) mass is 302 g/mol. The van der Waals surface area contributed by atoms with Gasteiger partial charge in [0.1, 0.15) is 20.8 Å². The van der Waals surface area contributed by atoms with Gasteiger partial charge in [-0.1, -0.05) is 0 Å². The topological polar surface area (TPSA) is 99.2 Å². The second kappa shape index (κ2) is 6.23. The molecule has 0 radical (unpaired) electrons. The highest BCUT2D eigenvalue weighted by molar-refractivity contribution is 7.91. The zero-order chi connectivity index (χ0) is 14.6. The van der Waals surface area contributed by atoms with E-state index in [1.54, 1.807) is 0 Å². The number of rotatable bonds is 6. The SMILES string of the molecule is CN(C)CCCNc1sc(C#N)c(N)c1S(C)(=O)=O. The summed E-state index contributed by atoms with van der Waals surface area (Å²) in [4.78, 5) is 2.32. The molecule has 106 valence electrons. The minimum atomic E-state index is -3.45. The summed E-state index contributed by atoms with van der Waals surface area (Å²) in [6, 6.07) is 1.92. The lowest BCUT2D eigenvalue weighted by Gasteiger charge is -2.10. The predicted molar refractivity (Wildman–Crippen MR) is 78.2 cm³/mol. The number of thiophene rings is 1. The van der Waals surface area contributed by atoms with Crippen LogP contribution in [0.4, 0.5) is 10.7 Å². The molecule has 0 aliphatic heterocycles. The molecule has 6 nitrogen and oxygen atoms in total. The maximum atomic E-state index is 11.7. The van der Waals surface area contributed by atoms with E-state index in [1.165, 1.54) is 0 Å². The fraction of sp³-hybridized carbons (Fsp3) is 0.545. The minimum absolute atomic E-state index is 0.0407. The molecule has 1 aromatic rings. The first-order valence-electron chi connectivity index (χ1n) is 5.68. The van der Waals surface area contributed by atoms with E-state index in [0.29, 0.717) is 11.5 Å². The summed E-state index contributed by atoms with van der Waals surface area (Å²) in [6.45, 7) is 1.53. The number of hydrogen-bond acceptors (Lipinski definition) is 7. The van der Waals surface area contributed by atoms with Crippen LogP contribution in [0.5, 0.6) is 0 Å². The van der Waals surface area contributed by atoms with Crippen LogP contribution in [0.1, 0.15) is 11.3 Å². The number of nitrogens with zero attached hydrogens (tertiary/aromatic N) is 2. The Hall–Kier alpha value is -1.30. The summed E-state index contributed by atoms with van der Waals surface area (Å²) in [5.74, 6) is 0. The van der Waals surface area contributed by atoms with Crippen molar-refractivity contribution in [2.45, 2.75) is 11.3 Å². The maximum absolute atomic E-state index is 11.7. The lowest BCUT2D eigenvalue weighted by Crippen LogP contribution is -2.16. The van der Waals surface area contributed by atoms with Gasteiger partial charge in [-0.25, -0.2) is 8.42 Å². The smallest absolute Gasteiger partial charge is 0.180 e. The molecule has 0 saturated carbocycles. The Kier molecular flexibility index (Phi) is 5.17. The molecule has 1 heterocycles. The molecule has 0 aliphatic carbocycles. The molecule has 0 saturated heterocycles. The van der Waals surface area contributed by atoms with Crippen LogP contribution in [0.3, 0.4) is 0 Å². The van der Waals surface area contributed by atoms with E-state index < -0.39 is 9.84 Å². The Balaban J connectivity index is 2.92. The lowest BCUT2D eigenvalue weighted by atomic mass is 10.4. The molecule has 0 atom stereocenters. The van der Waals surface area contributed by atoms with Gasteiger partial charge in [0.15, 0.2) is 9.84 Å². The number of hydrogen-bond donors (Lipinski definition) is 2. The van der Waals surface area contributed by atoms with Crippen LogP contribution in [0.25, 0.3) is 0 Å². The summed E-state index contributed by atoms with van der Waals surface area (Å²) in [6.07, 6.45) is 1.97.